The molecule has 6 heteroatoms. The van der Waals surface area contributed by atoms with Crippen molar-refractivity contribution in [3.63, 3.8) is 0 Å². The Morgan fingerprint density at radius 3 is 2.41 bits per heavy atom. The van der Waals surface area contributed by atoms with Crippen LogP contribution in [0.15, 0.2) is 48.5 Å². The smallest absolute Gasteiger partial charge is 0.313 e. The van der Waals surface area contributed by atoms with Crippen molar-refractivity contribution in [3.8, 4) is 0 Å². The van der Waals surface area contributed by atoms with Gasteiger partial charge >= 0.3 is 11.8 Å². The molecule has 0 aliphatic carbocycles. The zero-order chi connectivity index (χ0) is 20.9. The van der Waals surface area contributed by atoms with Gasteiger partial charge in [0.15, 0.2) is 0 Å². The monoisotopic (exact) mass is 396 g/mol. The first-order valence-corrected chi connectivity index (χ1v) is 9.93. The second kappa shape index (κ2) is 9.20. The van der Waals surface area contributed by atoms with Crippen LogP contribution >= 0.6 is 0 Å². The van der Waals surface area contributed by atoms with E-state index in [2.05, 4.69) is 10.6 Å². The number of hydrogen-bond acceptors (Lipinski definition) is 4. The molecule has 0 spiro atoms. The van der Waals surface area contributed by atoms with Gasteiger partial charge in [0.2, 0.25) is 0 Å². The van der Waals surface area contributed by atoms with E-state index >= 15 is 0 Å². The number of ether oxygens (including phenoxy) is 1. The van der Waals surface area contributed by atoms with Gasteiger partial charge in [0.1, 0.15) is 5.60 Å². The van der Waals surface area contributed by atoms with Crippen LogP contribution in [0.5, 0.6) is 0 Å². The Balaban J connectivity index is 1.71. The van der Waals surface area contributed by atoms with Gasteiger partial charge in [0.05, 0.1) is 6.54 Å². The maximum atomic E-state index is 12.4. The van der Waals surface area contributed by atoms with Crippen molar-refractivity contribution < 1.29 is 19.4 Å². The van der Waals surface area contributed by atoms with Crippen LogP contribution in [0.25, 0.3) is 0 Å². The Hall–Kier alpha value is -2.70. The maximum absolute atomic E-state index is 12.4. The first kappa shape index (κ1) is 21.0. The second-order valence-electron chi connectivity index (χ2n) is 7.56. The fourth-order valence-corrected chi connectivity index (χ4v) is 3.74. The number of rotatable bonds is 5. The third-order valence-corrected chi connectivity index (χ3v) is 5.75. The molecule has 0 unspecified atom stereocenters. The Labute approximate surface area is 171 Å². The van der Waals surface area contributed by atoms with Crippen molar-refractivity contribution >= 4 is 17.5 Å². The summed E-state index contributed by atoms with van der Waals surface area (Å²) in [5.74, 6) is -1.59. The lowest BCUT2D eigenvalue weighted by Crippen LogP contribution is -2.49. The van der Waals surface area contributed by atoms with Crippen LogP contribution in [0.3, 0.4) is 0 Å². The summed E-state index contributed by atoms with van der Waals surface area (Å²) in [7, 11) is 0. The number of carbonyl (C=O) groups excluding carboxylic acids is 2. The van der Waals surface area contributed by atoms with Gasteiger partial charge in [0.25, 0.3) is 0 Å². The Morgan fingerprint density at radius 2 is 1.72 bits per heavy atom. The molecule has 0 bridgehead atoms. The highest BCUT2D eigenvalue weighted by molar-refractivity contribution is 6.39. The molecule has 0 aromatic heterocycles. The number of hydrogen-bond donors (Lipinski definition) is 3. The normalized spacial score (nSPS) is 16.7. The zero-order valence-electron chi connectivity index (χ0n) is 16.9. The lowest BCUT2D eigenvalue weighted by molar-refractivity contribution is -0.137. The molecule has 0 saturated carbocycles. The van der Waals surface area contributed by atoms with E-state index in [-0.39, 0.29) is 12.5 Å². The van der Waals surface area contributed by atoms with Crippen molar-refractivity contribution in [2.24, 2.45) is 5.92 Å². The van der Waals surface area contributed by atoms with Gasteiger partial charge in [-0.05, 0) is 55.4 Å². The van der Waals surface area contributed by atoms with Gasteiger partial charge in [-0.15, -0.1) is 0 Å². The van der Waals surface area contributed by atoms with E-state index in [9.17, 15) is 14.7 Å². The summed E-state index contributed by atoms with van der Waals surface area (Å²) in [6.45, 7) is 4.93. The summed E-state index contributed by atoms with van der Waals surface area (Å²) in [4.78, 5) is 24.8. The van der Waals surface area contributed by atoms with Crippen LogP contribution < -0.4 is 10.6 Å². The average molecular weight is 396 g/mol. The van der Waals surface area contributed by atoms with Gasteiger partial charge in [-0.2, -0.15) is 0 Å². The number of aryl methyl sites for hydroxylation is 1. The number of aliphatic hydroxyl groups is 1. The van der Waals surface area contributed by atoms with Crippen LogP contribution in [0, 0.1) is 19.8 Å². The molecule has 1 fully saturated rings. The summed E-state index contributed by atoms with van der Waals surface area (Å²) in [5, 5.41) is 16.8. The molecule has 1 heterocycles. The molecule has 29 heavy (non-hydrogen) atoms. The van der Waals surface area contributed by atoms with Crippen LogP contribution in [-0.2, 0) is 19.9 Å². The van der Waals surface area contributed by atoms with E-state index in [1.807, 2.05) is 56.3 Å². The lowest BCUT2D eigenvalue weighted by atomic mass is 9.77. The minimum Gasteiger partial charge on any atom is -0.383 e. The number of benzene rings is 2. The highest BCUT2D eigenvalue weighted by Crippen LogP contribution is 2.35. The maximum Gasteiger partial charge on any atom is 0.313 e. The fraction of sp³-hybridized carbons (Fsp3) is 0.391. The quantitative estimate of drug-likeness (QED) is 0.678. The molecule has 1 aliphatic rings. The van der Waals surface area contributed by atoms with Crippen molar-refractivity contribution in [1.29, 1.82) is 0 Å². The minimum atomic E-state index is -1.26. The number of amides is 2. The molecular formula is C23H28N2O4. The van der Waals surface area contributed by atoms with E-state index < -0.39 is 17.4 Å². The Kier molecular flexibility index (Phi) is 6.67. The Morgan fingerprint density at radius 1 is 1.03 bits per heavy atom. The lowest BCUT2D eigenvalue weighted by Gasteiger charge is -2.39. The Bertz CT molecular complexity index is 862. The van der Waals surface area contributed by atoms with Gasteiger partial charge < -0.3 is 20.5 Å². The van der Waals surface area contributed by atoms with E-state index in [0.717, 1.165) is 16.7 Å². The molecule has 0 radical (unpaired) electrons. The first-order chi connectivity index (χ1) is 13.9. The highest BCUT2D eigenvalue weighted by atomic mass is 16.5. The molecule has 3 rings (SSSR count). The predicted octanol–water partition coefficient (Wildman–Crippen LogP) is 2.67. The average Bonchev–Trinajstić information content (AvgIpc) is 2.76. The summed E-state index contributed by atoms with van der Waals surface area (Å²) >= 11 is 0. The van der Waals surface area contributed by atoms with Crippen LogP contribution in [0.2, 0.25) is 0 Å². The summed E-state index contributed by atoms with van der Waals surface area (Å²) in [5.41, 5.74) is 2.01. The number of nitrogens with one attached hydrogen (secondary N) is 2. The van der Waals surface area contributed by atoms with Gasteiger partial charge in [-0.1, -0.05) is 42.5 Å². The van der Waals surface area contributed by atoms with Crippen LogP contribution in [-0.4, -0.2) is 36.7 Å². The molecule has 1 saturated heterocycles. The summed E-state index contributed by atoms with van der Waals surface area (Å²) in [6.07, 6.45) is 1.38. The molecule has 2 amide bonds. The van der Waals surface area contributed by atoms with Gasteiger partial charge in [0, 0.05) is 18.9 Å². The molecular weight excluding hydrogens is 368 g/mol. The molecule has 3 N–H and O–H groups in total. The van der Waals surface area contributed by atoms with Gasteiger partial charge in [-0.3, -0.25) is 9.59 Å². The SMILES string of the molecule is Cc1cccc(NC(=O)C(=O)NC[C@](O)(c2ccccc2)C2CCOCC2)c1C. The third-order valence-electron chi connectivity index (χ3n) is 5.75. The summed E-state index contributed by atoms with van der Waals surface area (Å²) < 4.78 is 5.42. The van der Waals surface area contributed by atoms with Crippen LogP contribution in [0.1, 0.15) is 29.5 Å². The largest absolute Gasteiger partial charge is 0.383 e. The highest BCUT2D eigenvalue weighted by Gasteiger charge is 2.39. The second-order valence-corrected chi connectivity index (χ2v) is 7.56. The van der Waals surface area contributed by atoms with Gasteiger partial charge in [-0.25, -0.2) is 0 Å². The van der Waals surface area contributed by atoms with Crippen LogP contribution in [0.4, 0.5) is 5.69 Å². The van der Waals surface area contributed by atoms with E-state index in [4.69, 9.17) is 4.74 Å². The molecule has 6 nitrogen and oxygen atoms in total. The van der Waals surface area contributed by atoms with Crippen molar-refractivity contribution in [2.45, 2.75) is 32.3 Å². The summed E-state index contributed by atoms with van der Waals surface area (Å²) in [6, 6.07) is 14.8. The number of anilines is 1. The van der Waals surface area contributed by atoms with E-state index in [1.165, 1.54) is 0 Å². The molecule has 2 aromatic carbocycles. The molecule has 1 aliphatic heterocycles. The van der Waals surface area contributed by atoms with Crippen molar-refractivity contribution in [3.05, 3.63) is 65.2 Å². The third kappa shape index (κ3) is 4.83. The first-order valence-electron chi connectivity index (χ1n) is 9.93. The number of carbonyl (C=O) groups is 2. The van der Waals surface area contributed by atoms with E-state index in [0.29, 0.717) is 31.7 Å². The van der Waals surface area contributed by atoms with E-state index in [1.54, 1.807) is 6.07 Å². The fourth-order valence-electron chi connectivity index (χ4n) is 3.74. The molecule has 1 atom stereocenters. The standard InChI is InChI=1S/C23H28N2O4/c1-16-7-6-10-20(17(16)2)25-22(27)21(26)24-15-23(28,18-8-4-3-5-9-18)19-11-13-29-14-12-19/h3-10,19,28H,11-15H2,1-2H3,(H,24,26)(H,25,27)/t23-/m0/s1. The van der Waals surface area contributed by atoms with Crippen molar-refractivity contribution in [1.82, 2.24) is 5.32 Å². The molecule has 2 aromatic rings. The minimum absolute atomic E-state index is 0.0409. The zero-order valence-corrected chi connectivity index (χ0v) is 16.9. The van der Waals surface area contributed by atoms with Crippen molar-refractivity contribution in [2.75, 3.05) is 25.1 Å². The topological polar surface area (TPSA) is 87.7 Å². The molecule has 154 valence electrons. The predicted molar refractivity (Wildman–Crippen MR) is 111 cm³/mol.